The molecule has 0 aliphatic rings. The summed E-state index contributed by atoms with van der Waals surface area (Å²) in [6.45, 7) is 5.09. The second-order valence-electron chi connectivity index (χ2n) is 3.89. The van der Waals surface area contributed by atoms with Crippen molar-refractivity contribution in [2.24, 2.45) is 0 Å². The zero-order valence-electron chi connectivity index (χ0n) is 10.3. The molecule has 2 heterocycles. The van der Waals surface area contributed by atoms with E-state index in [2.05, 4.69) is 61.8 Å². The maximum absolute atomic E-state index is 4.44. The fourth-order valence-corrected chi connectivity index (χ4v) is 2.40. The molecular weight excluding hydrogens is 312 g/mol. The Morgan fingerprint density at radius 1 is 1.44 bits per heavy atom. The van der Waals surface area contributed by atoms with Crippen molar-refractivity contribution in [2.75, 3.05) is 17.2 Å². The number of aromatic nitrogens is 2. The van der Waals surface area contributed by atoms with E-state index < -0.39 is 0 Å². The third-order valence-electron chi connectivity index (χ3n) is 2.27. The number of anilines is 3. The lowest BCUT2D eigenvalue weighted by atomic mass is 10.4. The van der Waals surface area contributed by atoms with Crippen LogP contribution in [-0.2, 0) is 0 Å². The highest BCUT2D eigenvalue weighted by Gasteiger charge is 2.05. The van der Waals surface area contributed by atoms with Crippen LogP contribution in [0.1, 0.15) is 18.2 Å². The molecule has 4 nitrogen and oxygen atoms in total. The van der Waals surface area contributed by atoms with Gasteiger partial charge in [-0.25, -0.2) is 4.98 Å². The minimum absolute atomic E-state index is 0.606. The quantitative estimate of drug-likeness (QED) is 0.865. The average Bonchev–Trinajstić information content (AvgIpc) is 2.75. The van der Waals surface area contributed by atoms with Gasteiger partial charge in [-0.05, 0) is 35.3 Å². The van der Waals surface area contributed by atoms with E-state index in [0.717, 1.165) is 28.9 Å². The first-order valence-electron chi connectivity index (χ1n) is 5.77. The second-order valence-corrected chi connectivity index (χ2v) is 5.86. The fraction of sp³-hybridized carbons (Fsp3) is 0.333. The molecule has 6 heteroatoms. The maximum Gasteiger partial charge on any atom is 0.229 e. The molecule has 0 saturated heterocycles. The smallest absolute Gasteiger partial charge is 0.229 e. The predicted molar refractivity (Wildman–Crippen MR) is 80.9 cm³/mol. The Kier molecular flexibility index (Phi) is 4.54. The second kappa shape index (κ2) is 6.15. The lowest BCUT2D eigenvalue weighted by Crippen LogP contribution is -2.05. The van der Waals surface area contributed by atoms with Gasteiger partial charge in [-0.1, -0.05) is 6.92 Å². The molecule has 0 spiro atoms. The van der Waals surface area contributed by atoms with Crippen molar-refractivity contribution in [3.63, 3.8) is 0 Å². The fourth-order valence-electron chi connectivity index (χ4n) is 1.43. The largest absolute Gasteiger partial charge is 0.369 e. The molecule has 0 aromatic carbocycles. The van der Waals surface area contributed by atoms with E-state index in [0.29, 0.717) is 5.95 Å². The summed E-state index contributed by atoms with van der Waals surface area (Å²) in [4.78, 5) is 9.95. The molecule has 0 amide bonds. The highest BCUT2D eigenvalue weighted by atomic mass is 79.9. The molecule has 2 aromatic rings. The minimum Gasteiger partial charge on any atom is -0.369 e. The number of rotatable bonds is 5. The number of nitrogens with one attached hydrogen (secondary N) is 2. The van der Waals surface area contributed by atoms with Gasteiger partial charge in [0.2, 0.25) is 5.95 Å². The summed E-state index contributed by atoms with van der Waals surface area (Å²) in [5.74, 6) is 1.43. The van der Waals surface area contributed by atoms with Crippen LogP contribution in [0.4, 0.5) is 17.5 Å². The molecule has 0 aliphatic heterocycles. The number of nitrogens with zero attached hydrogens (tertiary/aromatic N) is 2. The predicted octanol–water partition coefficient (Wildman–Crippen LogP) is 4.17. The van der Waals surface area contributed by atoms with Crippen molar-refractivity contribution in [1.82, 2.24) is 9.97 Å². The maximum atomic E-state index is 4.44. The lowest BCUT2D eigenvalue weighted by molar-refractivity contribution is 0.963. The molecule has 0 aliphatic carbocycles. The molecule has 2 N–H and O–H groups in total. The standard InChI is InChI=1S/C12H15BrN4S/c1-3-4-14-11-10(13)6-15-12(17-11)16-9-5-8(2)18-7-9/h5-7H,3-4H2,1-2H3,(H2,14,15,16,17). The average molecular weight is 327 g/mol. The van der Waals surface area contributed by atoms with E-state index in [1.807, 2.05) is 0 Å². The molecule has 0 atom stereocenters. The number of thiophene rings is 1. The third kappa shape index (κ3) is 3.43. The van der Waals surface area contributed by atoms with Crippen molar-refractivity contribution in [2.45, 2.75) is 20.3 Å². The normalized spacial score (nSPS) is 10.4. The molecule has 18 heavy (non-hydrogen) atoms. The third-order valence-corrected chi connectivity index (χ3v) is 3.71. The van der Waals surface area contributed by atoms with Crippen LogP contribution in [0.5, 0.6) is 0 Å². The summed E-state index contributed by atoms with van der Waals surface area (Å²) < 4.78 is 0.878. The van der Waals surface area contributed by atoms with Crippen molar-refractivity contribution in [1.29, 1.82) is 0 Å². The number of halogens is 1. The SMILES string of the molecule is CCCNc1nc(Nc2csc(C)c2)ncc1Br. The van der Waals surface area contributed by atoms with Crippen LogP contribution in [0, 0.1) is 6.92 Å². The van der Waals surface area contributed by atoms with Gasteiger partial charge in [-0.15, -0.1) is 11.3 Å². The molecule has 0 radical (unpaired) electrons. The summed E-state index contributed by atoms with van der Waals surface area (Å²) in [5.41, 5.74) is 1.03. The van der Waals surface area contributed by atoms with E-state index in [-0.39, 0.29) is 0 Å². The van der Waals surface area contributed by atoms with Crippen LogP contribution in [0.15, 0.2) is 22.1 Å². The Morgan fingerprint density at radius 2 is 2.28 bits per heavy atom. The Hall–Kier alpha value is -1.14. The van der Waals surface area contributed by atoms with E-state index in [1.54, 1.807) is 17.5 Å². The van der Waals surface area contributed by atoms with Crippen LogP contribution in [0.2, 0.25) is 0 Å². The highest BCUT2D eigenvalue weighted by Crippen LogP contribution is 2.24. The van der Waals surface area contributed by atoms with Crippen molar-refractivity contribution in [3.8, 4) is 0 Å². The zero-order chi connectivity index (χ0) is 13.0. The van der Waals surface area contributed by atoms with Gasteiger partial charge in [0.15, 0.2) is 0 Å². The number of aryl methyl sites for hydroxylation is 1. The van der Waals surface area contributed by atoms with Crippen LogP contribution < -0.4 is 10.6 Å². The van der Waals surface area contributed by atoms with Crippen LogP contribution in [0.25, 0.3) is 0 Å². The van der Waals surface area contributed by atoms with Crippen LogP contribution >= 0.6 is 27.3 Å². The van der Waals surface area contributed by atoms with Crippen molar-refractivity contribution in [3.05, 3.63) is 27.0 Å². The lowest BCUT2D eigenvalue weighted by Gasteiger charge is -2.08. The molecule has 0 fully saturated rings. The zero-order valence-corrected chi connectivity index (χ0v) is 12.7. The van der Waals surface area contributed by atoms with Crippen LogP contribution in [0.3, 0.4) is 0 Å². The summed E-state index contributed by atoms with van der Waals surface area (Å²) in [6.07, 6.45) is 2.81. The minimum atomic E-state index is 0.606. The van der Waals surface area contributed by atoms with Gasteiger partial charge in [-0.2, -0.15) is 4.98 Å². The van der Waals surface area contributed by atoms with Gasteiger partial charge in [0.1, 0.15) is 5.82 Å². The van der Waals surface area contributed by atoms with Crippen LogP contribution in [-0.4, -0.2) is 16.5 Å². The van der Waals surface area contributed by atoms with Gasteiger partial charge in [0.05, 0.1) is 10.2 Å². The molecule has 96 valence electrons. The monoisotopic (exact) mass is 326 g/mol. The summed E-state index contributed by atoms with van der Waals surface area (Å²) in [7, 11) is 0. The summed E-state index contributed by atoms with van der Waals surface area (Å²) in [5, 5.41) is 8.51. The Balaban J connectivity index is 2.13. The molecule has 0 bridgehead atoms. The molecule has 0 unspecified atom stereocenters. The van der Waals surface area contributed by atoms with E-state index in [4.69, 9.17) is 0 Å². The summed E-state index contributed by atoms with van der Waals surface area (Å²) in [6, 6.07) is 2.08. The molecule has 2 aromatic heterocycles. The van der Waals surface area contributed by atoms with Crippen molar-refractivity contribution < 1.29 is 0 Å². The van der Waals surface area contributed by atoms with Gasteiger partial charge < -0.3 is 10.6 Å². The first-order valence-corrected chi connectivity index (χ1v) is 7.45. The first kappa shape index (κ1) is 13.3. The summed E-state index contributed by atoms with van der Waals surface area (Å²) >= 11 is 5.14. The van der Waals surface area contributed by atoms with E-state index in [1.165, 1.54) is 4.88 Å². The van der Waals surface area contributed by atoms with E-state index >= 15 is 0 Å². The molecular formula is C12H15BrN4S. The first-order chi connectivity index (χ1) is 8.69. The van der Waals surface area contributed by atoms with Crippen molar-refractivity contribution >= 4 is 44.7 Å². The van der Waals surface area contributed by atoms with Gasteiger partial charge in [0, 0.05) is 23.0 Å². The Labute approximate surface area is 119 Å². The Bertz CT molecular complexity index is 527. The van der Waals surface area contributed by atoms with E-state index in [9.17, 15) is 0 Å². The number of hydrogen-bond donors (Lipinski definition) is 2. The Morgan fingerprint density at radius 3 is 2.94 bits per heavy atom. The highest BCUT2D eigenvalue weighted by molar-refractivity contribution is 9.10. The molecule has 0 saturated carbocycles. The molecule has 2 rings (SSSR count). The van der Waals surface area contributed by atoms with Gasteiger partial charge in [-0.3, -0.25) is 0 Å². The topological polar surface area (TPSA) is 49.8 Å². The van der Waals surface area contributed by atoms with Gasteiger partial charge >= 0.3 is 0 Å². The van der Waals surface area contributed by atoms with Gasteiger partial charge in [0.25, 0.3) is 0 Å². The number of hydrogen-bond acceptors (Lipinski definition) is 5.